The molecule has 160 valence electrons. The van der Waals surface area contributed by atoms with Gasteiger partial charge in [0.05, 0.1) is 13.1 Å². The van der Waals surface area contributed by atoms with Gasteiger partial charge in [-0.15, -0.1) is 0 Å². The minimum Gasteiger partial charge on any atom is -0.299 e. The molecule has 1 fully saturated rings. The topological polar surface area (TPSA) is 77.1 Å². The highest BCUT2D eigenvalue weighted by Gasteiger charge is 2.24. The lowest BCUT2D eigenvalue weighted by Gasteiger charge is -2.23. The number of nitrogens with zero attached hydrogens (tertiary/aromatic N) is 5. The highest BCUT2D eigenvalue weighted by atomic mass is 127. The molecule has 30 heavy (non-hydrogen) atoms. The van der Waals surface area contributed by atoms with Crippen molar-refractivity contribution in [1.82, 2.24) is 24.1 Å². The van der Waals surface area contributed by atoms with Crippen molar-refractivity contribution >= 4 is 39.7 Å². The molecule has 0 saturated carbocycles. The summed E-state index contributed by atoms with van der Waals surface area (Å²) in [7, 11) is 1.57. The molecule has 1 N–H and O–H groups in total. The lowest BCUT2D eigenvalue weighted by molar-refractivity contribution is 0.429. The van der Waals surface area contributed by atoms with Crippen LogP contribution in [0, 0.1) is 3.57 Å². The van der Waals surface area contributed by atoms with E-state index in [0.29, 0.717) is 23.7 Å². The Morgan fingerprint density at radius 1 is 1.17 bits per heavy atom. The molecule has 0 radical (unpaired) electrons. The smallest absolute Gasteiger partial charge is 0.299 e. The molecule has 1 aromatic carbocycles. The first-order valence-corrected chi connectivity index (χ1v) is 11.1. The number of rotatable bonds is 5. The molecule has 8 nitrogen and oxygen atoms in total. The molecule has 1 aliphatic rings. The van der Waals surface area contributed by atoms with Crippen LogP contribution in [0.5, 0.6) is 0 Å². The molecule has 1 aliphatic heterocycles. The average molecular weight is 526 g/mol. The molecule has 0 amide bonds. The Morgan fingerprint density at radius 2 is 1.97 bits per heavy atom. The Balaban J connectivity index is 1.98. The molecule has 0 aliphatic carbocycles. The normalized spacial score (nSPS) is 15.0. The van der Waals surface area contributed by atoms with E-state index in [1.165, 1.54) is 4.57 Å². The van der Waals surface area contributed by atoms with E-state index in [-0.39, 0.29) is 6.54 Å². The largest absolute Gasteiger partial charge is 0.332 e. The number of benzene rings is 1. The van der Waals surface area contributed by atoms with Gasteiger partial charge in [0.25, 0.3) is 5.56 Å². The number of imidazole rings is 1. The predicted octanol–water partition coefficient (Wildman–Crippen LogP) is 2.01. The van der Waals surface area contributed by atoms with Crippen molar-refractivity contribution in [3.63, 3.8) is 0 Å². The van der Waals surface area contributed by atoms with Gasteiger partial charge in [-0.3, -0.25) is 23.5 Å². The van der Waals surface area contributed by atoms with E-state index in [1.807, 2.05) is 33.8 Å². The molecule has 0 atom stereocenters. The molecule has 3 aromatic rings. The second kappa shape index (κ2) is 8.88. The minimum atomic E-state index is -0.786. The van der Waals surface area contributed by atoms with Crippen LogP contribution in [0.2, 0.25) is 0 Å². The van der Waals surface area contributed by atoms with Gasteiger partial charge in [0.2, 0.25) is 5.95 Å². The number of halogens is 2. The van der Waals surface area contributed by atoms with Crippen LogP contribution in [0.25, 0.3) is 11.2 Å². The van der Waals surface area contributed by atoms with Gasteiger partial charge in [-0.2, -0.15) is 4.98 Å². The van der Waals surface area contributed by atoms with Crippen LogP contribution in [0.15, 0.2) is 33.9 Å². The van der Waals surface area contributed by atoms with Gasteiger partial charge in [0, 0.05) is 23.7 Å². The van der Waals surface area contributed by atoms with Crippen LogP contribution in [0.3, 0.4) is 0 Å². The summed E-state index contributed by atoms with van der Waals surface area (Å²) in [6, 6.07) is 7.94. The van der Waals surface area contributed by atoms with E-state index in [0.717, 1.165) is 46.1 Å². The summed E-state index contributed by atoms with van der Waals surface area (Å²) in [5, 5.41) is 1.96. The maximum absolute atomic E-state index is 13.2. The minimum absolute atomic E-state index is 0.271. The van der Waals surface area contributed by atoms with Crippen LogP contribution in [0.1, 0.15) is 24.8 Å². The molecule has 10 heteroatoms. The average Bonchev–Trinajstić information content (AvgIpc) is 2.91. The third kappa shape index (κ3) is 3.78. The first kappa shape index (κ1) is 21.0. The van der Waals surface area contributed by atoms with Gasteiger partial charge < -0.3 is 0 Å². The molecular weight excluding hydrogens is 502 g/mol. The molecule has 4 rings (SSSR count). The zero-order valence-electron chi connectivity index (χ0n) is 16.8. The second-order valence-electron chi connectivity index (χ2n) is 7.37. The Morgan fingerprint density at radius 3 is 2.73 bits per heavy atom. The van der Waals surface area contributed by atoms with Gasteiger partial charge in [-0.25, -0.2) is 14.6 Å². The van der Waals surface area contributed by atoms with E-state index < -0.39 is 17.9 Å². The van der Waals surface area contributed by atoms with Gasteiger partial charge in [0.1, 0.15) is 6.67 Å². The molecule has 0 spiro atoms. The Kier molecular flexibility index (Phi) is 6.23. The molecule has 2 aromatic heterocycles. The van der Waals surface area contributed by atoms with E-state index >= 15 is 0 Å². The number of hydrogen-bond acceptors (Lipinski definition) is 5. The number of aromatic nitrogens is 4. The van der Waals surface area contributed by atoms with Crippen molar-refractivity contribution in [2.45, 2.75) is 32.4 Å². The van der Waals surface area contributed by atoms with Gasteiger partial charge in [-0.1, -0.05) is 24.6 Å². The van der Waals surface area contributed by atoms with Crippen LogP contribution in [-0.4, -0.2) is 38.4 Å². The van der Waals surface area contributed by atoms with E-state index in [4.69, 9.17) is 4.98 Å². The zero-order valence-corrected chi connectivity index (χ0v) is 18.9. The SMILES string of the molecule is Cn1c(=O)n(CCF)c(=O)c2c1nc(N1CCCCCN1)n2Cc1ccccc1I. The summed E-state index contributed by atoms with van der Waals surface area (Å²) < 4.78 is 18.3. The number of anilines is 1. The monoisotopic (exact) mass is 526 g/mol. The third-order valence-corrected chi connectivity index (χ3v) is 6.46. The van der Waals surface area contributed by atoms with Crippen molar-refractivity contribution in [3.05, 3.63) is 54.2 Å². The van der Waals surface area contributed by atoms with Crippen LogP contribution in [0.4, 0.5) is 10.3 Å². The Labute approximate surface area is 186 Å². The van der Waals surface area contributed by atoms with Crippen LogP contribution >= 0.6 is 22.6 Å². The maximum atomic E-state index is 13.2. The number of alkyl halides is 1. The lowest BCUT2D eigenvalue weighted by atomic mass is 10.2. The summed E-state index contributed by atoms with van der Waals surface area (Å²) in [5.41, 5.74) is 3.98. The Hall–Kier alpha value is -2.21. The fourth-order valence-corrected chi connectivity index (χ4v) is 4.39. The lowest BCUT2D eigenvalue weighted by Crippen LogP contribution is -2.41. The summed E-state index contributed by atoms with van der Waals surface area (Å²) in [5.74, 6) is 0.594. The summed E-state index contributed by atoms with van der Waals surface area (Å²) in [6.45, 7) is 0.934. The number of fused-ring (bicyclic) bond motifs is 1. The van der Waals surface area contributed by atoms with Crippen molar-refractivity contribution < 1.29 is 4.39 Å². The highest BCUT2D eigenvalue weighted by Crippen LogP contribution is 2.23. The maximum Gasteiger partial charge on any atom is 0.332 e. The fraction of sp³-hybridized carbons (Fsp3) is 0.450. The summed E-state index contributed by atoms with van der Waals surface area (Å²) in [4.78, 5) is 30.6. The first-order chi connectivity index (χ1) is 14.5. The van der Waals surface area contributed by atoms with Crippen molar-refractivity contribution in [2.75, 3.05) is 24.8 Å². The van der Waals surface area contributed by atoms with Crippen molar-refractivity contribution in [3.8, 4) is 0 Å². The van der Waals surface area contributed by atoms with Gasteiger partial charge in [-0.05, 0) is 47.1 Å². The summed E-state index contributed by atoms with van der Waals surface area (Å²) >= 11 is 2.27. The van der Waals surface area contributed by atoms with E-state index in [9.17, 15) is 14.0 Å². The number of hydrazine groups is 1. The molecule has 0 unspecified atom stereocenters. The van der Waals surface area contributed by atoms with Crippen LogP contribution < -0.4 is 21.7 Å². The van der Waals surface area contributed by atoms with Gasteiger partial charge in [0.15, 0.2) is 11.2 Å². The highest BCUT2D eigenvalue weighted by molar-refractivity contribution is 14.1. The van der Waals surface area contributed by atoms with E-state index in [1.54, 1.807) is 7.05 Å². The second-order valence-corrected chi connectivity index (χ2v) is 8.53. The zero-order chi connectivity index (χ0) is 21.3. The van der Waals surface area contributed by atoms with Crippen molar-refractivity contribution in [1.29, 1.82) is 0 Å². The third-order valence-electron chi connectivity index (χ3n) is 5.41. The van der Waals surface area contributed by atoms with Crippen LogP contribution in [-0.2, 0) is 20.1 Å². The number of aryl methyl sites for hydroxylation is 1. The molecule has 3 heterocycles. The molecule has 1 saturated heterocycles. The Bertz CT molecular complexity index is 1180. The molecular formula is C20H24FIN6O2. The fourth-order valence-electron chi connectivity index (χ4n) is 3.83. The number of nitrogens with one attached hydrogen (secondary N) is 1. The molecule has 0 bridgehead atoms. The van der Waals surface area contributed by atoms with Gasteiger partial charge >= 0.3 is 5.69 Å². The van der Waals surface area contributed by atoms with Crippen molar-refractivity contribution in [2.24, 2.45) is 7.05 Å². The standard InChI is InChI=1S/C20H24FIN6O2/c1-25-17-16(18(29)26(12-9-21)20(25)30)27(13-14-7-3-4-8-15(14)22)19(24-17)28-11-6-2-5-10-23-28/h3-4,7-8,23H,2,5-6,9-13H2,1H3. The first-order valence-electron chi connectivity index (χ1n) is 10.0. The van der Waals surface area contributed by atoms with E-state index in [2.05, 4.69) is 28.0 Å². The number of hydrogen-bond donors (Lipinski definition) is 1. The quantitative estimate of drug-likeness (QED) is 0.515. The predicted molar refractivity (Wildman–Crippen MR) is 123 cm³/mol. The summed E-state index contributed by atoms with van der Waals surface area (Å²) in [6.07, 6.45) is 3.18.